The highest BCUT2D eigenvalue weighted by Crippen LogP contribution is 2.32. The molecule has 0 aromatic heterocycles. The van der Waals surface area contributed by atoms with Crippen molar-refractivity contribution in [2.45, 2.75) is 12.1 Å². The van der Waals surface area contributed by atoms with Crippen LogP contribution in [0.5, 0.6) is 11.5 Å². The number of hydrogen-bond donors (Lipinski definition) is 1. The van der Waals surface area contributed by atoms with Gasteiger partial charge in [-0.1, -0.05) is 16.8 Å². The molecule has 3 amide bonds. The first-order valence-electron chi connectivity index (χ1n) is 9.25. The van der Waals surface area contributed by atoms with Gasteiger partial charge >= 0.3 is 0 Å². The summed E-state index contributed by atoms with van der Waals surface area (Å²) >= 11 is 6.07. The predicted molar refractivity (Wildman–Crippen MR) is 111 cm³/mol. The molecule has 0 bridgehead atoms. The Morgan fingerprint density at radius 3 is 2.48 bits per heavy atom. The fourth-order valence-electron chi connectivity index (χ4n) is 3.43. The third-order valence-electron chi connectivity index (χ3n) is 4.93. The van der Waals surface area contributed by atoms with E-state index in [0.29, 0.717) is 27.9 Å². The summed E-state index contributed by atoms with van der Waals surface area (Å²) in [6.45, 7) is -0.260. The number of methoxy groups -OCH3 is 2. The van der Waals surface area contributed by atoms with Crippen molar-refractivity contribution in [2.24, 2.45) is 10.3 Å². The fraction of sp³-hybridized carbons (Fsp3) is 0.250. The third-order valence-corrected chi connectivity index (χ3v) is 5.23. The van der Waals surface area contributed by atoms with E-state index < -0.39 is 29.8 Å². The second-order valence-electron chi connectivity index (χ2n) is 6.80. The molecule has 11 heteroatoms. The number of fused-ring (bicyclic) bond motifs is 1. The zero-order valence-corrected chi connectivity index (χ0v) is 17.4. The van der Waals surface area contributed by atoms with Gasteiger partial charge < -0.3 is 14.8 Å². The zero-order valence-electron chi connectivity index (χ0n) is 16.6. The quantitative estimate of drug-likeness (QED) is 0.685. The van der Waals surface area contributed by atoms with Gasteiger partial charge in [0.05, 0.1) is 24.9 Å². The molecule has 10 nitrogen and oxygen atoms in total. The van der Waals surface area contributed by atoms with E-state index in [1.54, 1.807) is 42.5 Å². The zero-order chi connectivity index (χ0) is 22.1. The molecule has 2 atom stereocenters. The van der Waals surface area contributed by atoms with Crippen molar-refractivity contribution in [1.29, 1.82) is 0 Å². The first kappa shape index (κ1) is 20.6. The van der Waals surface area contributed by atoms with Crippen LogP contribution in [0.2, 0.25) is 5.02 Å². The van der Waals surface area contributed by atoms with E-state index in [1.807, 2.05) is 0 Å². The molecule has 0 unspecified atom stereocenters. The number of benzene rings is 2. The Bertz CT molecular complexity index is 1070. The summed E-state index contributed by atoms with van der Waals surface area (Å²) in [7, 11) is 3.01. The largest absolute Gasteiger partial charge is 0.497 e. The topological polar surface area (TPSA) is 113 Å². The van der Waals surface area contributed by atoms with E-state index >= 15 is 0 Å². The summed E-state index contributed by atoms with van der Waals surface area (Å²) in [4.78, 5) is 39.2. The normalized spacial score (nSPS) is 19.6. The number of hydrogen-bond acceptors (Lipinski definition) is 8. The molecular formula is C20H18ClN5O5. The molecular weight excluding hydrogens is 426 g/mol. The molecule has 31 heavy (non-hydrogen) atoms. The smallest absolute Gasteiger partial charge is 0.263 e. The molecule has 4 rings (SSSR count). The van der Waals surface area contributed by atoms with Gasteiger partial charge in [0.1, 0.15) is 18.0 Å². The third kappa shape index (κ3) is 3.77. The Balaban J connectivity index is 1.46. The van der Waals surface area contributed by atoms with Gasteiger partial charge in [0.25, 0.3) is 11.8 Å². The Hall–Kier alpha value is -3.66. The lowest BCUT2D eigenvalue weighted by atomic mass is 10.1. The number of ether oxygens (including phenoxy) is 2. The van der Waals surface area contributed by atoms with Crippen molar-refractivity contribution in [1.82, 2.24) is 5.01 Å². The summed E-state index contributed by atoms with van der Waals surface area (Å²) in [5, 5.41) is 12.0. The van der Waals surface area contributed by atoms with E-state index in [1.165, 1.54) is 19.2 Å². The van der Waals surface area contributed by atoms with Gasteiger partial charge in [-0.2, -0.15) is 5.11 Å². The lowest BCUT2D eigenvalue weighted by molar-refractivity contribution is -0.123. The summed E-state index contributed by atoms with van der Waals surface area (Å²) in [6, 6.07) is 9.35. The number of amides is 3. The van der Waals surface area contributed by atoms with Crippen LogP contribution in [0.1, 0.15) is 0 Å². The van der Waals surface area contributed by atoms with E-state index in [4.69, 9.17) is 21.1 Å². The van der Waals surface area contributed by atoms with Gasteiger partial charge in [-0.3, -0.25) is 19.4 Å². The maximum absolute atomic E-state index is 13.0. The molecule has 2 aliphatic heterocycles. The lowest BCUT2D eigenvalue weighted by Gasteiger charge is -2.20. The average molecular weight is 444 g/mol. The second-order valence-corrected chi connectivity index (χ2v) is 7.21. The summed E-state index contributed by atoms with van der Waals surface area (Å²) in [5.74, 6) is -0.354. The molecule has 1 fully saturated rings. The average Bonchev–Trinajstić information content (AvgIpc) is 3.28. The maximum Gasteiger partial charge on any atom is 0.263 e. The predicted octanol–water partition coefficient (Wildman–Crippen LogP) is 2.29. The Labute approximate surface area is 182 Å². The standard InChI is InChI=1S/C20H18ClN5O5/c1-30-13-6-4-12(5-7-13)26-19(28)17-18(20(26)29)25(24-23-17)10-16(27)22-11-3-8-15(31-2)14(21)9-11/h3-9,17-18H,10H2,1-2H3,(H,22,27)/t17-,18+/m0/s1. The summed E-state index contributed by atoms with van der Waals surface area (Å²) in [6.07, 6.45) is 0. The van der Waals surface area contributed by atoms with Gasteiger partial charge in [-0.25, -0.2) is 4.90 Å². The first-order valence-corrected chi connectivity index (χ1v) is 9.63. The van der Waals surface area contributed by atoms with Gasteiger partial charge in [-0.15, -0.1) is 0 Å². The molecule has 2 aromatic rings. The van der Waals surface area contributed by atoms with Gasteiger partial charge in [0.15, 0.2) is 12.1 Å². The second kappa shape index (κ2) is 8.23. The van der Waals surface area contributed by atoms with Crippen LogP contribution in [-0.2, 0) is 14.4 Å². The first-order chi connectivity index (χ1) is 14.9. The van der Waals surface area contributed by atoms with Crippen molar-refractivity contribution in [3.63, 3.8) is 0 Å². The number of nitrogens with one attached hydrogen (secondary N) is 1. The highest BCUT2D eigenvalue weighted by Gasteiger charge is 2.55. The molecule has 0 spiro atoms. The molecule has 1 N–H and O–H groups in total. The fourth-order valence-corrected chi connectivity index (χ4v) is 3.69. The molecule has 0 aliphatic carbocycles. The number of halogens is 1. The molecule has 0 saturated carbocycles. The molecule has 2 aromatic carbocycles. The Morgan fingerprint density at radius 1 is 1.10 bits per heavy atom. The molecule has 160 valence electrons. The lowest BCUT2D eigenvalue weighted by Crippen LogP contribution is -2.43. The number of imide groups is 1. The van der Waals surface area contributed by atoms with Crippen LogP contribution in [0, 0.1) is 0 Å². The van der Waals surface area contributed by atoms with E-state index in [0.717, 1.165) is 4.90 Å². The van der Waals surface area contributed by atoms with Crippen molar-refractivity contribution in [3.05, 3.63) is 47.5 Å². The van der Waals surface area contributed by atoms with Crippen LogP contribution in [-0.4, -0.2) is 55.6 Å². The Kier molecular flexibility index (Phi) is 5.47. The van der Waals surface area contributed by atoms with Gasteiger partial charge in [0.2, 0.25) is 5.91 Å². The van der Waals surface area contributed by atoms with Gasteiger partial charge in [0, 0.05) is 5.69 Å². The van der Waals surface area contributed by atoms with Crippen molar-refractivity contribution >= 4 is 40.7 Å². The highest BCUT2D eigenvalue weighted by atomic mass is 35.5. The minimum atomic E-state index is -0.988. The van der Waals surface area contributed by atoms with Crippen molar-refractivity contribution in [3.8, 4) is 11.5 Å². The summed E-state index contributed by atoms with van der Waals surface area (Å²) < 4.78 is 10.2. The number of nitrogens with zero attached hydrogens (tertiary/aromatic N) is 4. The van der Waals surface area contributed by atoms with Crippen LogP contribution < -0.4 is 19.7 Å². The van der Waals surface area contributed by atoms with Crippen LogP contribution >= 0.6 is 11.6 Å². The van der Waals surface area contributed by atoms with Crippen LogP contribution in [0.3, 0.4) is 0 Å². The molecule has 2 heterocycles. The number of carbonyl (C=O) groups excluding carboxylic acids is 3. The SMILES string of the molecule is COc1ccc(N2C(=O)[C@H]3N=NN(CC(=O)Nc4ccc(OC)c(Cl)c4)[C@H]3C2=O)cc1. The van der Waals surface area contributed by atoms with E-state index in [2.05, 4.69) is 15.7 Å². The highest BCUT2D eigenvalue weighted by molar-refractivity contribution is 6.32. The maximum atomic E-state index is 13.0. The van der Waals surface area contributed by atoms with Crippen LogP contribution in [0.15, 0.2) is 52.8 Å². The van der Waals surface area contributed by atoms with Crippen LogP contribution in [0.4, 0.5) is 11.4 Å². The Morgan fingerprint density at radius 2 is 1.84 bits per heavy atom. The number of anilines is 2. The minimum absolute atomic E-state index is 0.260. The number of carbonyl (C=O) groups is 3. The van der Waals surface area contributed by atoms with Crippen LogP contribution in [0.25, 0.3) is 0 Å². The molecule has 1 saturated heterocycles. The van der Waals surface area contributed by atoms with E-state index in [9.17, 15) is 14.4 Å². The number of rotatable bonds is 6. The van der Waals surface area contributed by atoms with Gasteiger partial charge in [-0.05, 0) is 42.5 Å². The molecule has 0 radical (unpaired) electrons. The molecule has 2 aliphatic rings. The minimum Gasteiger partial charge on any atom is -0.497 e. The van der Waals surface area contributed by atoms with Crippen molar-refractivity contribution in [2.75, 3.05) is 31.0 Å². The monoisotopic (exact) mass is 443 g/mol. The van der Waals surface area contributed by atoms with E-state index in [-0.39, 0.29) is 6.54 Å². The van der Waals surface area contributed by atoms with Crippen molar-refractivity contribution < 1.29 is 23.9 Å². The summed E-state index contributed by atoms with van der Waals surface area (Å²) in [5.41, 5.74) is 0.856.